The molecule has 0 saturated heterocycles. The summed E-state index contributed by atoms with van der Waals surface area (Å²) in [7, 11) is 0. The number of anilines is 1. The fourth-order valence-corrected chi connectivity index (χ4v) is 3.30. The predicted octanol–water partition coefficient (Wildman–Crippen LogP) is 1.79. The van der Waals surface area contributed by atoms with Gasteiger partial charge < -0.3 is 10.8 Å². The molecule has 7 heteroatoms. The third kappa shape index (κ3) is 2.45. The van der Waals surface area contributed by atoms with Crippen LogP contribution in [0.15, 0.2) is 5.16 Å². The van der Waals surface area contributed by atoms with Gasteiger partial charge in [0.25, 0.3) is 0 Å². The van der Waals surface area contributed by atoms with Crippen LogP contribution >= 0.6 is 11.8 Å². The van der Waals surface area contributed by atoms with Crippen molar-refractivity contribution in [3.8, 4) is 0 Å². The summed E-state index contributed by atoms with van der Waals surface area (Å²) in [4.78, 5) is 10.6. The van der Waals surface area contributed by atoms with E-state index in [2.05, 4.69) is 24.0 Å². The van der Waals surface area contributed by atoms with Crippen molar-refractivity contribution in [3.63, 3.8) is 0 Å². The molecule has 1 aliphatic carbocycles. The lowest BCUT2D eigenvalue weighted by Crippen LogP contribution is -2.23. The van der Waals surface area contributed by atoms with Crippen molar-refractivity contribution in [3.05, 3.63) is 0 Å². The number of nitrogens with zero attached hydrogens (tertiary/aromatic N) is 3. The Morgan fingerprint density at radius 1 is 1.61 bits per heavy atom. The Labute approximate surface area is 110 Å². The van der Waals surface area contributed by atoms with E-state index in [1.165, 1.54) is 11.8 Å². The Hall–Kier alpha value is -1.24. The van der Waals surface area contributed by atoms with E-state index in [1.807, 2.05) is 4.57 Å². The van der Waals surface area contributed by atoms with Gasteiger partial charge >= 0.3 is 5.97 Å². The molecule has 1 aromatic heterocycles. The third-order valence-corrected chi connectivity index (χ3v) is 4.46. The standard InChI is InChI=1S/C11H18N4O2S/c1-11(2)5-3-4-7(11)15-9(12)13-14-10(15)18-6-8(16)17/h7H,3-6H2,1-2H3,(H2,12,13)(H,16,17). The van der Waals surface area contributed by atoms with Crippen LogP contribution in [0.25, 0.3) is 0 Å². The van der Waals surface area contributed by atoms with Gasteiger partial charge in [-0.05, 0) is 18.3 Å². The maximum absolute atomic E-state index is 10.6. The highest BCUT2D eigenvalue weighted by Gasteiger charge is 2.38. The van der Waals surface area contributed by atoms with Crippen LogP contribution in [0, 0.1) is 5.41 Å². The smallest absolute Gasteiger partial charge is 0.313 e. The van der Waals surface area contributed by atoms with Crippen molar-refractivity contribution in [2.45, 2.75) is 44.3 Å². The number of nitrogen functional groups attached to an aromatic ring is 1. The highest BCUT2D eigenvalue weighted by atomic mass is 32.2. The number of aliphatic carboxylic acids is 1. The van der Waals surface area contributed by atoms with Gasteiger partial charge in [0.05, 0.1) is 5.75 Å². The Kier molecular flexibility index (Phi) is 3.52. The minimum Gasteiger partial charge on any atom is -0.481 e. The summed E-state index contributed by atoms with van der Waals surface area (Å²) in [5, 5.41) is 17.2. The molecule has 0 radical (unpaired) electrons. The summed E-state index contributed by atoms with van der Waals surface area (Å²) >= 11 is 1.17. The molecule has 3 N–H and O–H groups in total. The molecule has 2 rings (SSSR count). The summed E-state index contributed by atoms with van der Waals surface area (Å²) in [6.07, 6.45) is 3.33. The molecule has 1 unspecified atom stereocenters. The molecule has 0 amide bonds. The summed E-state index contributed by atoms with van der Waals surface area (Å²) in [6, 6.07) is 0.254. The minimum atomic E-state index is -0.862. The lowest BCUT2D eigenvalue weighted by atomic mass is 9.87. The number of thioether (sulfide) groups is 1. The van der Waals surface area contributed by atoms with E-state index in [9.17, 15) is 4.79 Å². The molecule has 1 aliphatic rings. The minimum absolute atomic E-state index is 0.0225. The van der Waals surface area contributed by atoms with Crippen LogP contribution in [0.4, 0.5) is 5.95 Å². The van der Waals surface area contributed by atoms with Crippen LogP contribution in [0.1, 0.15) is 39.2 Å². The van der Waals surface area contributed by atoms with Crippen molar-refractivity contribution in [1.82, 2.24) is 14.8 Å². The molecule has 1 aromatic rings. The molecule has 1 heterocycles. The molecule has 6 nitrogen and oxygen atoms in total. The largest absolute Gasteiger partial charge is 0.481 e. The van der Waals surface area contributed by atoms with Crippen molar-refractivity contribution < 1.29 is 9.90 Å². The number of hydrogen-bond acceptors (Lipinski definition) is 5. The quantitative estimate of drug-likeness (QED) is 0.810. The molecule has 0 aliphatic heterocycles. The van der Waals surface area contributed by atoms with Crippen LogP contribution in [0.2, 0.25) is 0 Å². The van der Waals surface area contributed by atoms with Gasteiger partial charge in [-0.25, -0.2) is 0 Å². The number of aromatic nitrogens is 3. The van der Waals surface area contributed by atoms with Gasteiger partial charge in [0.1, 0.15) is 0 Å². The topological polar surface area (TPSA) is 94.0 Å². The zero-order valence-electron chi connectivity index (χ0n) is 10.6. The Bertz CT molecular complexity index is 458. The summed E-state index contributed by atoms with van der Waals surface area (Å²) in [5.41, 5.74) is 6.03. The number of nitrogens with two attached hydrogens (primary N) is 1. The first-order valence-electron chi connectivity index (χ1n) is 5.97. The third-order valence-electron chi connectivity index (χ3n) is 3.53. The van der Waals surface area contributed by atoms with E-state index >= 15 is 0 Å². The Balaban J connectivity index is 2.26. The molecule has 18 heavy (non-hydrogen) atoms. The van der Waals surface area contributed by atoms with Gasteiger partial charge in [-0.2, -0.15) is 0 Å². The van der Waals surface area contributed by atoms with Gasteiger partial charge in [0.15, 0.2) is 5.16 Å². The van der Waals surface area contributed by atoms with E-state index in [0.717, 1.165) is 19.3 Å². The fraction of sp³-hybridized carbons (Fsp3) is 0.727. The summed E-state index contributed by atoms with van der Waals surface area (Å²) < 4.78 is 1.90. The number of carboxylic acid groups (broad SMARTS) is 1. The summed E-state index contributed by atoms with van der Waals surface area (Å²) in [5.74, 6) is -0.507. The second-order valence-corrected chi connectivity index (χ2v) is 6.23. The van der Waals surface area contributed by atoms with Gasteiger partial charge in [0, 0.05) is 6.04 Å². The second kappa shape index (κ2) is 4.79. The predicted molar refractivity (Wildman–Crippen MR) is 69.5 cm³/mol. The van der Waals surface area contributed by atoms with E-state index in [4.69, 9.17) is 10.8 Å². The number of hydrogen-bond donors (Lipinski definition) is 2. The van der Waals surface area contributed by atoms with E-state index in [-0.39, 0.29) is 17.2 Å². The monoisotopic (exact) mass is 270 g/mol. The van der Waals surface area contributed by atoms with Crippen molar-refractivity contribution >= 4 is 23.7 Å². The molecular formula is C11H18N4O2S. The van der Waals surface area contributed by atoms with Crippen LogP contribution in [-0.4, -0.2) is 31.6 Å². The second-order valence-electron chi connectivity index (χ2n) is 5.29. The van der Waals surface area contributed by atoms with Crippen LogP contribution in [0.5, 0.6) is 0 Å². The SMILES string of the molecule is CC1(C)CCCC1n1c(N)nnc1SCC(=O)O. The van der Waals surface area contributed by atoms with Crippen molar-refractivity contribution in [1.29, 1.82) is 0 Å². The molecule has 1 saturated carbocycles. The maximum Gasteiger partial charge on any atom is 0.313 e. The average Bonchev–Trinajstić information content (AvgIpc) is 2.78. The first kappa shape index (κ1) is 13.2. The van der Waals surface area contributed by atoms with E-state index in [1.54, 1.807) is 0 Å². The number of rotatable bonds is 4. The first-order chi connectivity index (χ1) is 8.42. The van der Waals surface area contributed by atoms with E-state index in [0.29, 0.717) is 11.1 Å². The molecule has 0 bridgehead atoms. The normalized spacial score (nSPS) is 22.2. The highest BCUT2D eigenvalue weighted by molar-refractivity contribution is 7.99. The van der Waals surface area contributed by atoms with Crippen molar-refractivity contribution in [2.24, 2.45) is 5.41 Å². The average molecular weight is 270 g/mol. The van der Waals surface area contributed by atoms with Gasteiger partial charge in [-0.15, -0.1) is 10.2 Å². The van der Waals surface area contributed by atoms with Crippen molar-refractivity contribution in [2.75, 3.05) is 11.5 Å². The van der Waals surface area contributed by atoms with E-state index < -0.39 is 5.97 Å². The Morgan fingerprint density at radius 2 is 2.33 bits per heavy atom. The number of carboxylic acids is 1. The molecule has 0 aromatic carbocycles. The van der Waals surface area contributed by atoms with Crippen LogP contribution < -0.4 is 5.73 Å². The lowest BCUT2D eigenvalue weighted by molar-refractivity contribution is -0.133. The first-order valence-corrected chi connectivity index (χ1v) is 6.95. The Morgan fingerprint density at radius 3 is 2.89 bits per heavy atom. The van der Waals surface area contributed by atoms with Crippen LogP contribution in [0.3, 0.4) is 0 Å². The zero-order valence-corrected chi connectivity index (χ0v) is 11.4. The highest BCUT2D eigenvalue weighted by Crippen LogP contribution is 2.47. The number of carbonyl (C=O) groups is 1. The van der Waals surface area contributed by atoms with Gasteiger partial charge in [-0.3, -0.25) is 9.36 Å². The molecule has 1 fully saturated rings. The van der Waals surface area contributed by atoms with Gasteiger partial charge in [0.2, 0.25) is 5.95 Å². The summed E-state index contributed by atoms with van der Waals surface area (Å²) in [6.45, 7) is 4.41. The zero-order chi connectivity index (χ0) is 13.3. The van der Waals surface area contributed by atoms with Gasteiger partial charge in [-0.1, -0.05) is 32.0 Å². The maximum atomic E-state index is 10.6. The molecule has 0 spiro atoms. The van der Waals surface area contributed by atoms with Crippen LogP contribution in [-0.2, 0) is 4.79 Å². The lowest BCUT2D eigenvalue weighted by Gasteiger charge is -2.29. The molecule has 1 atom stereocenters. The molecule has 100 valence electrons. The molecular weight excluding hydrogens is 252 g/mol. The fourth-order valence-electron chi connectivity index (χ4n) is 2.59.